The van der Waals surface area contributed by atoms with E-state index in [4.69, 9.17) is 4.74 Å². The first kappa shape index (κ1) is 11.3. The molecule has 3 aliphatic carbocycles. The van der Waals surface area contributed by atoms with Gasteiger partial charge in [-0.3, -0.25) is 4.79 Å². The van der Waals surface area contributed by atoms with E-state index >= 15 is 0 Å². The highest BCUT2D eigenvalue weighted by Crippen LogP contribution is 2.64. The van der Waals surface area contributed by atoms with E-state index in [0.29, 0.717) is 5.92 Å². The van der Waals surface area contributed by atoms with Crippen molar-refractivity contribution in [3.05, 3.63) is 12.2 Å². The molecule has 0 unspecified atom stereocenters. The molecule has 0 radical (unpaired) electrons. The highest BCUT2D eigenvalue weighted by Gasteiger charge is 2.60. The summed E-state index contributed by atoms with van der Waals surface area (Å²) in [5, 5.41) is 0. The lowest BCUT2D eigenvalue weighted by Crippen LogP contribution is -2.59. The normalized spacial score (nSPS) is 49.5. The number of hydrogen-bond donors (Lipinski definition) is 0. The Morgan fingerprint density at radius 1 is 1.35 bits per heavy atom. The van der Waals surface area contributed by atoms with Crippen molar-refractivity contribution in [2.24, 2.45) is 23.2 Å². The van der Waals surface area contributed by atoms with Crippen molar-refractivity contribution in [2.75, 3.05) is 0 Å². The van der Waals surface area contributed by atoms with E-state index in [9.17, 15) is 4.79 Å². The van der Waals surface area contributed by atoms with Crippen LogP contribution in [0.25, 0.3) is 0 Å². The van der Waals surface area contributed by atoms with Crippen molar-refractivity contribution in [2.45, 2.75) is 52.1 Å². The Morgan fingerprint density at radius 2 is 2.12 bits per heavy atom. The van der Waals surface area contributed by atoms with Crippen molar-refractivity contribution in [3.63, 3.8) is 0 Å². The van der Waals surface area contributed by atoms with Crippen molar-refractivity contribution in [1.82, 2.24) is 0 Å². The Bertz CT molecular complexity index is 371. The summed E-state index contributed by atoms with van der Waals surface area (Å²) in [5.74, 6) is 1.47. The topological polar surface area (TPSA) is 26.3 Å². The third-order valence-corrected chi connectivity index (χ3v) is 5.67. The minimum Gasteiger partial charge on any atom is -0.462 e. The monoisotopic (exact) mass is 234 g/mol. The molecule has 3 saturated carbocycles. The van der Waals surface area contributed by atoms with Crippen molar-refractivity contribution in [1.29, 1.82) is 0 Å². The van der Waals surface area contributed by atoms with E-state index in [1.54, 1.807) is 0 Å². The standard InChI is InChI=1S/C15H22O2/c1-9-4-6-11-8-12(9)15(11,3)13-7-5-10(2)14(16)17-13/h10-13H,1,4-8H2,2-3H3/t10-,11-,12-,13+,15+/m0/s1. The number of carbonyl (C=O) groups is 1. The molecule has 2 nitrogen and oxygen atoms in total. The number of fused-ring (bicyclic) bond motifs is 2. The summed E-state index contributed by atoms with van der Waals surface area (Å²) in [7, 11) is 0. The number of cyclic esters (lactones) is 1. The van der Waals surface area contributed by atoms with E-state index in [-0.39, 0.29) is 23.4 Å². The smallest absolute Gasteiger partial charge is 0.308 e. The molecule has 4 fully saturated rings. The van der Waals surface area contributed by atoms with Crippen molar-refractivity contribution < 1.29 is 9.53 Å². The molecule has 4 rings (SSSR count). The SMILES string of the molecule is C=C1CC[C@H]2C[C@@H]1[C@]2(C)[C@H]1CC[C@H](C)C(=O)O1. The fourth-order valence-electron chi connectivity index (χ4n) is 4.25. The number of hydrogen-bond acceptors (Lipinski definition) is 2. The van der Waals surface area contributed by atoms with E-state index in [1.165, 1.54) is 24.8 Å². The lowest BCUT2D eigenvalue weighted by Gasteiger charge is -2.62. The van der Waals surface area contributed by atoms with Crippen LogP contribution >= 0.6 is 0 Å². The quantitative estimate of drug-likeness (QED) is 0.514. The second-order valence-corrected chi connectivity index (χ2v) is 6.45. The second-order valence-electron chi connectivity index (χ2n) is 6.45. The lowest BCUT2D eigenvalue weighted by atomic mass is 9.44. The zero-order valence-electron chi connectivity index (χ0n) is 10.9. The molecular formula is C15H22O2. The first-order valence-electron chi connectivity index (χ1n) is 6.91. The Hall–Kier alpha value is -0.790. The number of rotatable bonds is 1. The van der Waals surface area contributed by atoms with Gasteiger partial charge in [-0.25, -0.2) is 0 Å². The zero-order chi connectivity index (χ0) is 12.2. The molecular weight excluding hydrogens is 212 g/mol. The first-order chi connectivity index (χ1) is 8.03. The summed E-state index contributed by atoms with van der Waals surface area (Å²) in [6.07, 6.45) is 5.89. The van der Waals surface area contributed by atoms with Crippen LogP contribution < -0.4 is 0 Å². The highest BCUT2D eigenvalue weighted by atomic mass is 16.5. The minimum absolute atomic E-state index is 0.0121. The Labute approximate surface area is 103 Å². The maximum atomic E-state index is 11.7. The lowest BCUT2D eigenvalue weighted by molar-refractivity contribution is -0.194. The molecule has 2 heteroatoms. The third-order valence-electron chi connectivity index (χ3n) is 5.67. The average molecular weight is 234 g/mol. The Balaban J connectivity index is 1.80. The van der Waals surface area contributed by atoms with Crippen LogP contribution in [0.4, 0.5) is 0 Å². The molecule has 1 heterocycles. The Kier molecular flexibility index (Phi) is 2.39. The van der Waals surface area contributed by atoms with Crippen LogP contribution in [0.3, 0.4) is 0 Å². The molecule has 0 aromatic rings. The summed E-state index contributed by atoms with van der Waals surface area (Å²) in [6.45, 7) is 8.51. The van der Waals surface area contributed by atoms with Crippen LogP contribution in [-0.4, -0.2) is 12.1 Å². The van der Waals surface area contributed by atoms with Gasteiger partial charge in [-0.15, -0.1) is 0 Å². The highest BCUT2D eigenvalue weighted by molar-refractivity contribution is 5.73. The molecule has 0 N–H and O–H groups in total. The van der Waals surface area contributed by atoms with Gasteiger partial charge < -0.3 is 4.74 Å². The van der Waals surface area contributed by atoms with Crippen LogP contribution in [0.1, 0.15) is 46.0 Å². The maximum absolute atomic E-state index is 11.7. The molecule has 0 amide bonds. The summed E-state index contributed by atoms with van der Waals surface area (Å²) in [6, 6.07) is 0. The van der Waals surface area contributed by atoms with Gasteiger partial charge in [0.2, 0.25) is 0 Å². The Morgan fingerprint density at radius 3 is 2.71 bits per heavy atom. The van der Waals surface area contributed by atoms with Gasteiger partial charge in [0, 0.05) is 5.41 Å². The molecule has 94 valence electrons. The molecule has 17 heavy (non-hydrogen) atoms. The summed E-state index contributed by atoms with van der Waals surface area (Å²) >= 11 is 0. The van der Waals surface area contributed by atoms with Gasteiger partial charge in [0.25, 0.3) is 0 Å². The van der Waals surface area contributed by atoms with Crippen LogP contribution in [0.2, 0.25) is 0 Å². The zero-order valence-corrected chi connectivity index (χ0v) is 10.9. The van der Waals surface area contributed by atoms with E-state index in [2.05, 4.69) is 13.5 Å². The second kappa shape index (κ2) is 3.60. The molecule has 2 bridgehead atoms. The largest absolute Gasteiger partial charge is 0.462 e. The molecule has 1 saturated heterocycles. The van der Waals surface area contributed by atoms with Crippen LogP contribution in [0, 0.1) is 23.2 Å². The van der Waals surface area contributed by atoms with Crippen LogP contribution in [-0.2, 0) is 9.53 Å². The van der Waals surface area contributed by atoms with Crippen molar-refractivity contribution in [3.8, 4) is 0 Å². The molecule has 5 atom stereocenters. The van der Waals surface area contributed by atoms with Gasteiger partial charge in [-0.2, -0.15) is 0 Å². The summed E-state index contributed by atoms with van der Waals surface area (Å²) < 4.78 is 5.71. The average Bonchev–Trinajstić information content (AvgIpc) is 2.31. The number of carbonyl (C=O) groups excluding carboxylic acids is 1. The van der Waals surface area contributed by atoms with Gasteiger partial charge >= 0.3 is 5.97 Å². The molecule has 1 aliphatic heterocycles. The first-order valence-corrected chi connectivity index (χ1v) is 6.91. The van der Waals surface area contributed by atoms with E-state index in [1.807, 2.05) is 6.92 Å². The minimum atomic E-state index is 0.0121. The van der Waals surface area contributed by atoms with Crippen LogP contribution in [0.5, 0.6) is 0 Å². The summed E-state index contributed by atoms with van der Waals surface area (Å²) in [4.78, 5) is 11.7. The number of ether oxygens (including phenoxy) is 1. The van der Waals surface area contributed by atoms with Gasteiger partial charge in [-0.05, 0) is 43.9 Å². The van der Waals surface area contributed by atoms with Gasteiger partial charge in [-0.1, -0.05) is 26.0 Å². The van der Waals surface area contributed by atoms with Gasteiger partial charge in [0.05, 0.1) is 5.92 Å². The molecule has 4 aliphatic rings. The fourth-order valence-corrected chi connectivity index (χ4v) is 4.25. The predicted molar refractivity (Wildman–Crippen MR) is 66.4 cm³/mol. The molecule has 0 aromatic heterocycles. The van der Waals surface area contributed by atoms with E-state index < -0.39 is 0 Å². The van der Waals surface area contributed by atoms with E-state index in [0.717, 1.165) is 18.8 Å². The maximum Gasteiger partial charge on any atom is 0.308 e. The molecule has 0 spiro atoms. The fraction of sp³-hybridized carbons (Fsp3) is 0.800. The van der Waals surface area contributed by atoms with Crippen LogP contribution in [0.15, 0.2) is 12.2 Å². The summed E-state index contributed by atoms with van der Waals surface area (Å²) in [5.41, 5.74) is 1.59. The predicted octanol–water partition coefficient (Wildman–Crippen LogP) is 3.32. The number of esters is 1. The number of allylic oxidation sites excluding steroid dienone is 1. The third kappa shape index (κ3) is 1.42. The van der Waals surface area contributed by atoms with Crippen molar-refractivity contribution >= 4 is 5.97 Å². The molecule has 0 aromatic carbocycles. The van der Waals surface area contributed by atoms with Gasteiger partial charge in [0.1, 0.15) is 6.10 Å². The van der Waals surface area contributed by atoms with Gasteiger partial charge in [0.15, 0.2) is 0 Å².